The molecule has 3 rings (SSSR count). The number of nitrogens with one attached hydrogen (secondary N) is 1. The number of benzene rings is 1. The summed E-state index contributed by atoms with van der Waals surface area (Å²) in [5.41, 5.74) is 0. The van der Waals surface area contributed by atoms with Crippen LogP contribution in [0.5, 0.6) is 17.2 Å². The molecule has 1 aromatic carbocycles. The minimum absolute atomic E-state index is 0.417. The van der Waals surface area contributed by atoms with Crippen LogP contribution in [0.1, 0.15) is 28.8 Å². The molecule has 0 aliphatic carbocycles. The summed E-state index contributed by atoms with van der Waals surface area (Å²) in [5, 5.41) is 4.62. The van der Waals surface area contributed by atoms with Gasteiger partial charge in [0.05, 0.1) is 25.1 Å². The molecule has 0 bridgehead atoms. The molecule has 1 atom stereocenters. The number of hydrogen-bond acceptors (Lipinski definition) is 6. The van der Waals surface area contributed by atoms with E-state index in [-0.39, 0.29) is 0 Å². The second kappa shape index (κ2) is 6.98. The van der Waals surface area contributed by atoms with Crippen molar-refractivity contribution in [3.05, 3.63) is 34.3 Å². The number of ether oxygens (including phenoxy) is 3. The summed E-state index contributed by atoms with van der Waals surface area (Å²) in [6, 6.07) is 5.97. The maximum atomic E-state index is 5.82. The monoisotopic (exact) mass is 320 g/mol. The third-order valence-corrected chi connectivity index (χ3v) is 4.75. The third kappa shape index (κ3) is 3.34. The molecule has 2 heterocycles. The maximum absolute atomic E-state index is 5.82. The minimum Gasteiger partial charge on any atom is -0.493 e. The van der Waals surface area contributed by atoms with Crippen LogP contribution in [0.2, 0.25) is 0 Å². The van der Waals surface area contributed by atoms with Gasteiger partial charge in [-0.1, -0.05) is 0 Å². The van der Waals surface area contributed by atoms with Crippen LogP contribution >= 0.6 is 11.3 Å². The zero-order valence-electron chi connectivity index (χ0n) is 12.8. The number of thiazole rings is 1. The molecule has 22 heavy (non-hydrogen) atoms. The Kier molecular flexibility index (Phi) is 4.80. The van der Waals surface area contributed by atoms with Crippen LogP contribution in [0.25, 0.3) is 0 Å². The molecular formula is C16H20N2O3S. The first-order valence-electron chi connectivity index (χ1n) is 7.33. The van der Waals surface area contributed by atoms with Crippen molar-refractivity contribution < 1.29 is 14.2 Å². The second-order valence-corrected chi connectivity index (χ2v) is 6.27. The molecular weight excluding hydrogens is 300 g/mol. The Labute approximate surface area is 134 Å². The van der Waals surface area contributed by atoms with Crippen LogP contribution in [-0.2, 0) is 6.61 Å². The fourth-order valence-corrected chi connectivity index (χ4v) is 3.45. The molecule has 0 unspecified atom stereocenters. The highest BCUT2D eigenvalue weighted by molar-refractivity contribution is 7.11. The normalized spacial score (nSPS) is 17.5. The largest absolute Gasteiger partial charge is 0.493 e. The van der Waals surface area contributed by atoms with E-state index in [0.29, 0.717) is 24.1 Å². The average Bonchev–Trinajstić information content (AvgIpc) is 3.23. The van der Waals surface area contributed by atoms with E-state index < -0.39 is 0 Å². The predicted molar refractivity (Wildman–Crippen MR) is 86.0 cm³/mol. The molecule has 2 aromatic rings. The zero-order valence-corrected chi connectivity index (χ0v) is 13.6. The predicted octanol–water partition coefficient (Wildman–Crippen LogP) is 3.16. The van der Waals surface area contributed by atoms with E-state index in [2.05, 4.69) is 10.3 Å². The van der Waals surface area contributed by atoms with Crippen molar-refractivity contribution in [2.45, 2.75) is 25.5 Å². The molecule has 1 aliphatic heterocycles. The Morgan fingerprint density at radius 1 is 1.27 bits per heavy atom. The molecule has 5 nitrogen and oxygen atoms in total. The third-order valence-electron chi connectivity index (χ3n) is 3.67. The van der Waals surface area contributed by atoms with Crippen LogP contribution in [0.15, 0.2) is 24.4 Å². The fraction of sp³-hybridized carbons (Fsp3) is 0.438. The van der Waals surface area contributed by atoms with E-state index in [1.54, 1.807) is 25.6 Å². The lowest BCUT2D eigenvalue weighted by Crippen LogP contribution is -2.12. The SMILES string of the molecule is COc1ccc(OCc2cnc([C@@H]3CCCN3)s2)cc1OC. The van der Waals surface area contributed by atoms with Gasteiger partial charge in [0.1, 0.15) is 17.4 Å². The van der Waals surface area contributed by atoms with E-state index in [4.69, 9.17) is 14.2 Å². The fourth-order valence-electron chi connectivity index (χ4n) is 2.51. The van der Waals surface area contributed by atoms with E-state index in [1.165, 1.54) is 12.8 Å². The van der Waals surface area contributed by atoms with Crippen LogP contribution < -0.4 is 19.5 Å². The van der Waals surface area contributed by atoms with Crippen molar-refractivity contribution in [1.82, 2.24) is 10.3 Å². The molecule has 0 amide bonds. The summed E-state index contributed by atoms with van der Waals surface area (Å²) in [7, 11) is 3.24. The molecule has 118 valence electrons. The van der Waals surface area contributed by atoms with E-state index in [1.807, 2.05) is 24.4 Å². The van der Waals surface area contributed by atoms with Gasteiger partial charge in [0.15, 0.2) is 11.5 Å². The van der Waals surface area contributed by atoms with Crippen molar-refractivity contribution in [2.24, 2.45) is 0 Å². The smallest absolute Gasteiger partial charge is 0.164 e. The van der Waals surface area contributed by atoms with Gasteiger partial charge < -0.3 is 19.5 Å². The van der Waals surface area contributed by atoms with Gasteiger partial charge in [-0.2, -0.15) is 0 Å². The summed E-state index contributed by atoms with van der Waals surface area (Å²) in [4.78, 5) is 5.63. The second-order valence-electron chi connectivity index (χ2n) is 5.12. The summed E-state index contributed by atoms with van der Waals surface area (Å²) in [6.07, 6.45) is 4.30. The Morgan fingerprint density at radius 3 is 2.86 bits per heavy atom. The van der Waals surface area contributed by atoms with Gasteiger partial charge in [-0.25, -0.2) is 4.98 Å². The number of aromatic nitrogens is 1. The molecule has 1 aliphatic rings. The number of hydrogen-bond donors (Lipinski definition) is 1. The lowest BCUT2D eigenvalue weighted by Gasteiger charge is -2.10. The van der Waals surface area contributed by atoms with Crippen LogP contribution in [0.3, 0.4) is 0 Å². The van der Waals surface area contributed by atoms with Crippen LogP contribution in [-0.4, -0.2) is 25.7 Å². The Morgan fingerprint density at radius 2 is 2.14 bits per heavy atom. The summed E-state index contributed by atoms with van der Waals surface area (Å²) in [5.74, 6) is 2.12. The lowest BCUT2D eigenvalue weighted by molar-refractivity contribution is 0.303. The first-order valence-corrected chi connectivity index (χ1v) is 8.14. The highest BCUT2D eigenvalue weighted by Crippen LogP contribution is 2.32. The van der Waals surface area contributed by atoms with Crippen molar-refractivity contribution in [1.29, 1.82) is 0 Å². The molecule has 0 saturated carbocycles. The van der Waals surface area contributed by atoms with Gasteiger partial charge in [-0.05, 0) is 31.5 Å². The Balaban J connectivity index is 1.62. The van der Waals surface area contributed by atoms with Crippen LogP contribution in [0, 0.1) is 0 Å². The zero-order chi connectivity index (χ0) is 15.4. The first-order chi connectivity index (χ1) is 10.8. The molecule has 0 radical (unpaired) electrons. The molecule has 6 heteroatoms. The maximum Gasteiger partial charge on any atom is 0.164 e. The van der Waals surface area contributed by atoms with Gasteiger partial charge in [0.2, 0.25) is 0 Å². The Bertz CT molecular complexity index is 624. The molecule has 1 saturated heterocycles. The quantitative estimate of drug-likeness (QED) is 0.886. The van der Waals surface area contributed by atoms with Gasteiger partial charge in [-0.3, -0.25) is 0 Å². The first kappa shape index (κ1) is 15.1. The van der Waals surface area contributed by atoms with Crippen molar-refractivity contribution in [3.63, 3.8) is 0 Å². The minimum atomic E-state index is 0.417. The number of rotatable bonds is 6. The van der Waals surface area contributed by atoms with E-state index in [9.17, 15) is 0 Å². The molecule has 1 N–H and O–H groups in total. The Hall–Kier alpha value is -1.79. The summed E-state index contributed by atoms with van der Waals surface area (Å²) in [6.45, 7) is 1.60. The van der Waals surface area contributed by atoms with Crippen LogP contribution in [0.4, 0.5) is 0 Å². The van der Waals surface area contributed by atoms with Gasteiger partial charge in [0.25, 0.3) is 0 Å². The number of nitrogens with zero attached hydrogens (tertiary/aromatic N) is 1. The van der Waals surface area contributed by atoms with E-state index >= 15 is 0 Å². The van der Waals surface area contributed by atoms with E-state index in [0.717, 1.165) is 22.2 Å². The standard InChI is InChI=1S/C16H20N2O3S/c1-19-14-6-5-11(8-15(14)20-2)21-10-12-9-18-16(22-12)13-4-3-7-17-13/h5-6,8-9,13,17H,3-4,7,10H2,1-2H3/t13-/m0/s1. The van der Waals surface area contributed by atoms with Gasteiger partial charge in [0, 0.05) is 12.3 Å². The summed E-state index contributed by atoms with van der Waals surface area (Å²) >= 11 is 1.71. The molecule has 1 fully saturated rings. The molecule has 1 aromatic heterocycles. The van der Waals surface area contributed by atoms with Gasteiger partial charge in [-0.15, -0.1) is 11.3 Å². The molecule has 0 spiro atoms. The van der Waals surface area contributed by atoms with Crippen molar-refractivity contribution in [2.75, 3.05) is 20.8 Å². The topological polar surface area (TPSA) is 52.6 Å². The highest BCUT2D eigenvalue weighted by Gasteiger charge is 2.19. The van der Waals surface area contributed by atoms with Crippen molar-refractivity contribution in [3.8, 4) is 17.2 Å². The van der Waals surface area contributed by atoms with Gasteiger partial charge >= 0.3 is 0 Å². The van der Waals surface area contributed by atoms with Crippen molar-refractivity contribution >= 4 is 11.3 Å². The lowest BCUT2D eigenvalue weighted by atomic mass is 10.2. The summed E-state index contributed by atoms with van der Waals surface area (Å²) < 4.78 is 16.3. The average molecular weight is 320 g/mol. The number of methoxy groups -OCH3 is 2. The highest BCUT2D eigenvalue weighted by atomic mass is 32.1.